The summed E-state index contributed by atoms with van der Waals surface area (Å²) >= 11 is 0. The summed E-state index contributed by atoms with van der Waals surface area (Å²) in [7, 11) is 6.19. The number of nitrogens with zero attached hydrogens (tertiary/aromatic N) is 1. The van der Waals surface area contributed by atoms with Crippen molar-refractivity contribution in [2.45, 2.75) is 13.0 Å². The van der Waals surface area contributed by atoms with Gasteiger partial charge in [-0.15, -0.1) is 0 Å². The molecule has 0 aliphatic carbocycles. The van der Waals surface area contributed by atoms with E-state index in [4.69, 9.17) is 5.11 Å². The fraction of sp³-hybridized carbons (Fsp3) is 1.00. The second-order valence-electron chi connectivity index (χ2n) is 3.32. The second kappa shape index (κ2) is 4.78. The fourth-order valence-corrected chi connectivity index (χ4v) is 0.793. The van der Waals surface area contributed by atoms with E-state index in [9.17, 15) is 0 Å². The summed E-state index contributed by atoms with van der Waals surface area (Å²) in [4.78, 5) is 0. The molecule has 1 unspecified atom stereocenters. The van der Waals surface area contributed by atoms with Gasteiger partial charge in [0, 0.05) is 32.7 Å². The smallest absolute Gasteiger partial charge is 0.104 e. The molecule has 1 atom stereocenters. The SMILES string of the molecule is CC(O)C[N+](C)(C)C.[Y]. The first-order valence-electron chi connectivity index (χ1n) is 2.90. The monoisotopic (exact) mass is 207 g/mol. The quantitative estimate of drug-likeness (QED) is 0.635. The summed E-state index contributed by atoms with van der Waals surface area (Å²) in [5.41, 5.74) is 0. The minimum atomic E-state index is -0.185. The molecule has 0 aromatic heterocycles. The predicted octanol–water partition coefficient (Wildman–Crippen LogP) is 0.0709. The molecule has 0 saturated heterocycles. The van der Waals surface area contributed by atoms with Gasteiger partial charge in [-0.1, -0.05) is 0 Å². The van der Waals surface area contributed by atoms with Crippen LogP contribution in [-0.2, 0) is 32.7 Å². The van der Waals surface area contributed by atoms with E-state index in [1.807, 2.05) is 6.92 Å². The van der Waals surface area contributed by atoms with Crippen LogP contribution in [0.25, 0.3) is 0 Å². The van der Waals surface area contributed by atoms with Crippen molar-refractivity contribution < 1.29 is 42.3 Å². The van der Waals surface area contributed by atoms with E-state index in [0.29, 0.717) is 0 Å². The average molecular weight is 207 g/mol. The number of hydrogen-bond acceptors (Lipinski definition) is 1. The van der Waals surface area contributed by atoms with Crippen LogP contribution in [-0.4, -0.2) is 43.4 Å². The molecule has 9 heavy (non-hydrogen) atoms. The van der Waals surface area contributed by atoms with Gasteiger partial charge in [0.1, 0.15) is 12.6 Å². The first kappa shape index (κ1) is 12.7. The molecule has 0 spiro atoms. The molecule has 0 rings (SSSR count). The van der Waals surface area contributed by atoms with Crippen molar-refractivity contribution in [3.63, 3.8) is 0 Å². The topological polar surface area (TPSA) is 20.2 Å². The summed E-state index contributed by atoms with van der Waals surface area (Å²) in [5.74, 6) is 0. The van der Waals surface area contributed by atoms with Crippen molar-refractivity contribution >= 4 is 0 Å². The maximum Gasteiger partial charge on any atom is 0.104 e. The molecule has 53 valence electrons. The normalized spacial score (nSPS) is 14.3. The molecule has 1 N–H and O–H groups in total. The van der Waals surface area contributed by atoms with E-state index >= 15 is 0 Å². The van der Waals surface area contributed by atoms with E-state index in [2.05, 4.69) is 21.1 Å². The van der Waals surface area contributed by atoms with Crippen LogP contribution in [0.5, 0.6) is 0 Å². The minimum Gasteiger partial charge on any atom is -0.388 e. The minimum absolute atomic E-state index is 0. The molecule has 0 heterocycles. The van der Waals surface area contributed by atoms with E-state index in [1.54, 1.807) is 0 Å². The van der Waals surface area contributed by atoms with E-state index in [-0.39, 0.29) is 38.8 Å². The van der Waals surface area contributed by atoms with Gasteiger partial charge < -0.3 is 9.59 Å². The second-order valence-corrected chi connectivity index (χ2v) is 3.32. The van der Waals surface area contributed by atoms with Crippen LogP contribution >= 0.6 is 0 Å². The molecule has 1 radical (unpaired) electrons. The summed E-state index contributed by atoms with van der Waals surface area (Å²) in [6.45, 7) is 2.63. The molecule has 0 aromatic carbocycles. The summed E-state index contributed by atoms with van der Waals surface area (Å²) in [5, 5.41) is 8.87. The Labute approximate surface area is 82.7 Å². The van der Waals surface area contributed by atoms with Crippen molar-refractivity contribution in [1.82, 2.24) is 0 Å². The summed E-state index contributed by atoms with van der Waals surface area (Å²) < 4.78 is 0.831. The molecule has 0 saturated carbocycles. The van der Waals surface area contributed by atoms with Gasteiger partial charge in [0.15, 0.2) is 0 Å². The molecular weight excluding hydrogens is 191 g/mol. The molecule has 0 bridgehead atoms. The molecular formula is C6H16NOY+. The molecule has 0 aliphatic rings. The Balaban J connectivity index is 0. The Morgan fingerprint density at radius 2 is 1.67 bits per heavy atom. The number of hydrogen-bond donors (Lipinski definition) is 1. The predicted molar refractivity (Wildman–Crippen MR) is 34.6 cm³/mol. The van der Waals surface area contributed by atoms with Gasteiger partial charge in [-0.2, -0.15) is 0 Å². The third-order valence-corrected chi connectivity index (χ3v) is 0.812. The largest absolute Gasteiger partial charge is 0.388 e. The number of aliphatic hydroxyl groups is 1. The molecule has 0 fully saturated rings. The van der Waals surface area contributed by atoms with Gasteiger partial charge in [0.2, 0.25) is 0 Å². The van der Waals surface area contributed by atoms with Crippen molar-refractivity contribution in [2.24, 2.45) is 0 Å². The van der Waals surface area contributed by atoms with Crippen molar-refractivity contribution in [3.05, 3.63) is 0 Å². The van der Waals surface area contributed by atoms with Crippen molar-refractivity contribution in [3.8, 4) is 0 Å². The standard InChI is InChI=1S/C6H16NO.Y/c1-6(8)5-7(2,3)4;/h6,8H,5H2,1-4H3;/q+1;. The number of aliphatic hydroxyl groups excluding tert-OH is 1. The maximum absolute atomic E-state index is 8.87. The van der Waals surface area contributed by atoms with Gasteiger partial charge >= 0.3 is 0 Å². The van der Waals surface area contributed by atoms with Crippen LogP contribution in [0, 0.1) is 0 Å². The van der Waals surface area contributed by atoms with Crippen molar-refractivity contribution in [2.75, 3.05) is 27.7 Å². The molecule has 0 amide bonds. The third-order valence-electron chi connectivity index (χ3n) is 0.812. The third kappa shape index (κ3) is 12.3. The fourth-order valence-electron chi connectivity index (χ4n) is 0.793. The summed E-state index contributed by atoms with van der Waals surface area (Å²) in [6.07, 6.45) is -0.185. The Hall–Kier alpha value is 1.02. The summed E-state index contributed by atoms with van der Waals surface area (Å²) in [6, 6.07) is 0. The van der Waals surface area contributed by atoms with Gasteiger partial charge in [-0.3, -0.25) is 0 Å². The zero-order valence-corrected chi connectivity index (χ0v) is 9.59. The number of likely N-dealkylation sites (N-methyl/N-ethyl adjacent to an activating group) is 1. The van der Waals surface area contributed by atoms with Crippen molar-refractivity contribution in [1.29, 1.82) is 0 Å². The van der Waals surface area contributed by atoms with Crippen LogP contribution in [0.1, 0.15) is 6.92 Å². The molecule has 2 nitrogen and oxygen atoms in total. The van der Waals surface area contributed by atoms with E-state index < -0.39 is 0 Å². The van der Waals surface area contributed by atoms with Gasteiger partial charge in [0.05, 0.1) is 21.1 Å². The Morgan fingerprint density at radius 3 is 1.67 bits per heavy atom. The molecule has 3 heteroatoms. The van der Waals surface area contributed by atoms with Gasteiger partial charge in [-0.25, -0.2) is 0 Å². The first-order valence-corrected chi connectivity index (χ1v) is 2.90. The van der Waals surface area contributed by atoms with Crippen LogP contribution < -0.4 is 0 Å². The zero-order valence-electron chi connectivity index (χ0n) is 6.76. The maximum atomic E-state index is 8.87. The van der Waals surface area contributed by atoms with Crippen LogP contribution in [0.4, 0.5) is 0 Å². The number of quaternary nitrogens is 1. The zero-order chi connectivity index (χ0) is 6.78. The Kier molecular flexibility index (Phi) is 6.73. The van der Waals surface area contributed by atoms with Crippen LogP contribution in [0.15, 0.2) is 0 Å². The van der Waals surface area contributed by atoms with Crippen LogP contribution in [0.3, 0.4) is 0 Å². The van der Waals surface area contributed by atoms with E-state index in [1.165, 1.54) is 0 Å². The van der Waals surface area contributed by atoms with Gasteiger partial charge in [0.25, 0.3) is 0 Å². The number of rotatable bonds is 2. The van der Waals surface area contributed by atoms with E-state index in [0.717, 1.165) is 11.0 Å². The first-order chi connectivity index (χ1) is 3.42. The Morgan fingerprint density at radius 1 is 1.33 bits per heavy atom. The molecule has 0 aromatic rings. The Bertz CT molecular complexity index is 67.9. The molecule has 0 aliphatic heterocycles. The van der Waals surface area contributed by atoms with Crippen LogP contribution in [0.2, 0.25) is 0 Å². The van der Waals surface area contributed by atoms with Gasteiger partial charge in [-0.05, 0) is 6.92 Å². The average Bonchev–Trinajstić information content (AvgIpc) is 1.21.